The smallest absolute Gasteiger partial charge is 0.0329 e. The van der Waals surface area contributed by atoms with Crippen molar-refractivity contribution < 1.29 is 0 Å². The van der Waals surface area contributed by atoms with Crippen LogP contribution in [0.25, 0.3) is 0 Å². The second-order valence-corrected chi connectivity index (χ2v) is 8.03. The molecule has 1 fully saturated rings. The van der Waals surface area contributed by atoms with Crippen molar-refractivity contribution in [3.05, 3.63) is 0 Å². The van der Waals surface area contributed by atoms with Crippen LogP contribution >= 0.6 is 0 Å². The number of piperazine rings is 1. The summed E-state index contributed by atoms with van der Waals surface area (Å²) in [4.78, 5) is 2.82. The van der Waals surface area contributed by atoms with Gasteiger partial charge >= 0.3 is 0 Å². The minimum atomic E-state index is 0.347. The van der Waals surface area contributed by atoms with Gasteiger partial charge in [0.2, 0.25) is 0 Å². The molecule has 0 aromatic rings. The first-order chi connectivity index (χ1) is 9.29. The Morgan fingerprint density at radius 2 is 1.80 bits per heavy atom. The second-order valence-electron chi connectivity index (χ2n) is 8.03. The predicted molar refractivity (Wildman–Crippen MR) is 90.2 cm³/mol. The molecule has 0 aromatic carbocycles. The van der Waals surface area contributed by atoms with Crippen molar-refractivity contribution in [2.45, 2.75) is 85.7 Å². The zero-order chi connectivity index (χ0) is 15.4. The summed E-state index contributed by atoms with van der Waals surface area (Å²) in [5.41, 5.74) is 0.726. The van der Waals surface area contributed by atoms with Gasteiger partial charge in [0, 0.05) is 31.2 Å². The van der Waals surface area contributed by atoms with Gasteiger partial charge in [-0.3, -0.25) is 4.90 Å². The van der Waals surface area contributed by atoms with E-state index in [1.807, 2.05) is 0 Å². The lowest BCUT2D eigenvalue weighted by Crippen LogP contribution is -2.67. The monoisotopic (exact) mass is 282 g/mol. The SMILES string of the molecule is CCCC(C)CN1CC(C(C)(C)C)NCC1(CC)CC. The average molecular weight is 283 g/mol. The molecule has 1 heterocycles. The van der Waals surface area contributed by atoms with Gasteiger partial charge in [-0.1, -0.05) is 54.9 Å². The maximum Gasteiger partial charge on any atom is 0.0329 e. The highest BCUT2D eigenvalue weighted by atomic mass is 15.3. The molecule has 0 aromatic heterocycles. The van der Waals surface area contributed by atoms with Gasteiger partial charge in [-0.2, -0.15) is 0 Å². The summed E-state index contributed by atoms with van der Waals surface area (Å²) in [6.45, 7) is 20.2. The van der Waals surface area contributed by atoms with Crippen LogP contribution in [0.15, 0.2) is 0 Å². The number of nitrogens with zero attached hydrogens (tertiary/aromatic N) is 1. The normalized spacial score (nSPS) is 25.6. The molecular weight excluding hydrogens is 244 g/mol. The Bertz CT molecular complexity index is 276. The van der Waals surface area contributed by atoms with Crippen LogP contribution in [0.2, 0.25) is 0 Å². The molecule has 2 unspecified atom stereocenters. The van der Waals surface area contributed by atoms with E-state index in [1.165, 1.54) is 38.8 Å². The summed E-state index contributed by atoms with van der Waals surface area (Å²) in [7, 11) is 0. The van der Waals surface area contributed by atoms with Crippen molar-refractivity contribution in [3.8, 4) is 0 Å². The van der Waals surface area contributed by atoms with E-state index in [0.29, 0.717) is 17.0 Å². The third kappa shape index (κ3) is 4.21. The molecule has 120 valence electrons. The third-order valence-corrected chi connectivity index (χ3v) is 5.43. The quantitative estimate of drug-likeness (QED) is 0.781. The largest absolute Gasteiger partial charge is 0.310 e. The fraction of sp³-hybridized carbons (Fsp3) is 1.00. The Labute approximate surface area is 127 Å². The lowest BCUT2D eigenvalue weighted by atomic mass is 9.79. The zero-order valence-electron chi connectivity index (χ0n) is 15.1. The van der Waals surface area contributed by atoms with Crippen LogP contribution in [-0.4, -0.2) is 36.1 Å². The van der Waals surface area contributed by atoms with Crippen molar-refractivity contribution in [3.63, 3.8) is 0 Å². The Kier molecular flexibility index (Phi) is 6.53. The molecule has 1 aliphatic heterocycles. The van der Waals surface area contributed by atoms with Crippen molar-refractivity contribution in [1.82, 2.24) is 10.2 Å². The lowest BCUT2D eigenvalue weighted by molar-refractivity contribution is -0.00213. The maximum absolute atomic E-state index is 3.85. The fourth-order valence-corrected chi connectivity index (χ4v) is 3.66. The van der Waals surface area contributed by atoms with Gasteiger partial charge in [-0.25, -0.2) is 0 Å². The van der Waals surface area contributed by atoms with Crippen LogP contribution < -0.4 is 5.32 Å². The van der Waals surface area contributed by atoms with Gasteiger partial charge in [0.1, 0.15) is 0 Å². The van der Waals surface area contributed by atoms with E-state index >= 15 is 0 Å². The predicted octanol–water partition coefficient (Wildman–Crippen LogP) is 4.30. The van der Waals surface area contributed by atoms with Crippen LogP contribution in [0, 0.1) is 11.3 Å². The highest BCUT2D eigenvalue weighted by Crippen LogP contribution is 2.32. The van der Waals surface area contributed by atoms with E-state index in [9.17, 15) is 0 Å². The molecular formula is C18H38N2. The third-order valence-electron chi connectivity index (χ3n) is 5.43. The van der Waals surface area contributed by atoms with Gasteiger partial charge in [0.25, 0.3) is 0 Å². The topological polar surface area (TPSA) is 15.3 Å². The molecule has 2 heteroatoms. The van der Waals surface area contributed by atoms with Crippen LogP contribution in [0.1, 0.15) is 74.1 Å². The first-order valence-corrected chi connectivity index (χ1v) is 8.77. The van der Waals surface area contributed by atoms with E-state index in [2.05, 4.69) is 58.7 Å². The molecule has 0 bridgehead atoms. The van der Waals surface area contributed by atoms with E-state index in [1.54, 1.807) is 0 Å². The number of rotatable bonds is 6. The standard InChI is InChI=1S/C18H38N2/c1-8-11-15(4)12-20-13-16(17(5,6)7)19-14-18(20,9-2)10-3/h15-16,19H,8-14H2,1-7H3. The number of nitrogens with one attached hydrogen (secondary N) is 1. The zero-order valence-corrected chi connectivity index (χ0v) is 15.1. The summed E-state index contributed by atoms with van der Waals surface area (Å²) >= 11 is 0. The molecule has 1 aliphatic rings. The van der Waals surface area contributed by atoms with Gasteiger partial charge in [0.15, 0.2) is 0 Å². The van der Waals surface area contributed by atoms with Crippen molar-refractivity contribution in [2.24, 2.45) is 11.3 Å². The number of hydrogen-bond acceptors (Lipinski definition) is 2. The molecule has 0 aliphatic carbocycles. The minimum Gasteiger partial charge on any atom is -0.310 e. The first-order valence-electron chi connectivity index (χ1n) is 8.77. The van der Waals surface area contributed by atoms with Gasteiger partial charge in [-0.15, -0.1) is 0 Å². The molecule has 1 saturated heterocycles. The van der Waals surface area contributed by atoms with E-state index in [-0.39, 0.29) is 0 Å². The van der Waals surface area contributed by atoms with E-state index in [4.69, 9.17) is 0 Å². The van der Waals surface area contributed by atoms with Crippen LogP contribution in [0.5, 0.6) is 0 Å². The molecule has 0 saturated carbocycles. The van der Waals surface area contributed by atoms with Crippen molar-refractivity contribution >= 4 is 0 Å². The molecule has 1 N–H and O–H groups in total. The average Bonchev–Trinajstić information content (AvgIpc) is 2.38. The Morgan fingerprint density at radius 1 is 1.20 bits per heavy atom. The fourth-order valence-electron chi connectivity index (χ4n) is 3.66. The highest BCUT2D eigenvalue weighted by Gasteiger charge is 2.41. The molecule has 0 radical (unpaired) electrons. The van der Waals surface area contributed by atoms with Gasteiger partial charge in [0.05, 0.1) is 0 Å². The second kappa shape index (κ2) is 7.26. The molecule has 0 amide bonds. The van der Waals surface area contributed by atoms with E-state index in [0.717, 1.165) is 12.5 Å². The Morgan fingerprint density at radius 3 is 2.25 bits per heavy atom. The van der Waals surface area contributed by atoms with Gasteiger partial charge < -0.3 is 5.32 Å². The molecule has 1 rings (SSSR count). The molecule has 2 atom stereocenters. The Balaban J connectivity index is 2.83. The van der Waals surface area contributed by atoms with Crippen LogP contribution in [0.3, 0.4) is 0 Å². The van der Waals surface area contributed by atoms with Gasteiger partial charge in [-0.05, 0) is 30.6 Å². The lowest BCUT2D eigenvalue weighted by Gasteiger charge is -2.53. The first kappa shape index (κ1) is 18.0. The minimum absolute atomic E-state index is 0.347. The van der Waals surface area contributed by atoms with Crippen LogP contribution in [0.4, 0.5) is 0 Å². The maximum atomic E-state index is 3.85. The van der Waals surface area contributed by atoms with Crippen molar-refractivity contribution in [2.75, 3.05) is 19.6 Å². The highest BCUT2D eigenvalue weighted by molar-refractivity contribution is 5.00. The summed E-state index contributed by atoms with van der Waals surface area (Å²) in [6.07, 6.45) is 5.17. The summed E-state index contributed by atoms with van der Waals surface area (Å²) < 4.78 is 0. The Hall–Kier alpha value is -0.0800. The molecule has 0 spiro atoms. The van der Waals surface area contributed by atoms with Crippen molar-refractivity contribution in [1.29, 1.82) is 0 Å². The number of hydrogen-bond donors (Lipinski definition) is 1. The van der Waals surface area contributed by atoms with Crippen LogP contribution in [-0.2, 0) is 0 Å². The summed E-state index contributed by atoms with van der Waals surface area (Å²) in [5, 5.41) is 3.85. The molecule has 2 nitrogen and oxygen atoms in total. The summed E-state index contributed by atoms with van der Waals surface area (Å²) in [6, 6.07) is 0.613. The summed E-state index contributed by atoms with van der Waals surface area (Å²) in [5.74, 6) is 0.816. The van der Waals surface area contributed by atoms with E-state index < -0.39 is 0 Å². The molecule has 20 heavy (non-hydrogen) atoms.